The summed E-state index contributed by atoms with van der Waals surface area (Å²) in [4.78, 5) is 89.3. The molecule has 2 fully saturated rings. The van der Waals surface area contributed by atoms with Crippen molar-refractivity contribution < 1.29 is 28.8 Å². The Morgan fingerprint density at radius 2 is 1.02 bits per heavy atom. The lowest BCUT2D eigenvalue weighted by molar-refractivity contribution is -0.143. The second-order valence-electron chi connectivity index (χ2n) is 16.6. The number of rotatable bonds is 10. The Labute approximate surface area is 313 Å². The number of hydrogen-bond acceptors (Lipinski definition) is 6. The highest BCUT2D eigenvalue weighted by Gasteiger charge is 2.41. The SMILES string of the molecule is CC(C)C[C@@H]1NC(=O)[C@@H](CC(C)C)NC(=O)[C@@H](CC(C)C)NC(=O)[C@@H](CC(C)C)NC(=O)[C@H](Cc2c[nH]c3ccccc23)NC(=O)[C@@H]2CCCN2C1=O. The molecule has 13 nitrogen and oxygen atoms in total. The van der Waals surface area contributed by atoms with Crippen LogP contribution < -0.4 is 26.6 Å². The van der Waals surface area contributed by atoms with Crippen molar-refractivity contribution in [1.29, 1.82) is 0 Å². The van der Waals surface area contributed by atoms with Gasteiger partial charge in [-0.2, -0.15) is 0 Å². The number of aromatic nitrogens is 1. The zero-order valence-corrected chi connectivity index (χ0v) is 32.7. The van der Waals surface area contributed by atoms with Crippen LogP contribution in [0, 0.1) is 23.7 Å². The molecule has 53 heavy (non-hydrogen) atoms. The zero-order chi connectivity index (χ0) is 39.0. The standard InChI is InChI=1S/C40H61N7O6/c1-22(2)16-29-35(48)43-31(18-24(5)6)37(50)46-33(19-25(7)8)40(53)47-15-11-14-34(47)39(52)45-32(20-26-21-41-28-13-10-9-12-27(26)28)38(51)44-30(17-23(3)4)36(49)42-29/h9-10,12-13,21-25,29-34,41H,11,14-20H2,1-8H3,(H,42,49)(H,43,48)(H,44,51)(H,45,52)(H,46,50)/t29-,30-,31-,32+,33+,34+/m1/s1. The molecule has 0 radical (unpaired) electrons. The number of carbonyl (C=O) groups excluding carboxylic acids is 6. The van der Waals surface area contributed by atoms with Gasteiger partial charge in [-0.1, -0.05) is 73.6 Å². The highest BCUT2D eigenvalue weighted by molar-refractivity contribution is 5.98. The van der Waals surface area contributed by atoms with Crippen LogP contribution in [-0.2, 0) is 35.2 Å². The van der Waals surface area contributed by atoms with Crippen LogP contribution in [0.2, 0.25) is 0 Å². The number of nitrogens with one attached hydrogen (secondary N) is 6. The molecule has 3 heterocycles. The van der Waals surface area contributed by atoms with Gasteiger partial charge in [0.15, 0.2) is 0 Å². The topological polar surface area (TPSA) is 182 Å². The third kappa shape index (κ3) is 11.3. The van der Waals surface area contributed by atoms with Crippen molar-refractivity contribution in [2.24, 2.45) is 23.7 Å². The summed E-state index contributed by atoms with van der Waals surface area (Å²) in [6.45, 7) is 15.8. The first-order chi connectivity index (χ1) is 25.0. The lowest BCUT2D eigenvalue weighted by Crippen LogP contribution is -2.61. The molecular formula is C40H61N7O6. The quantitative estimate of drug-likeness (QED) is 0.218. The lowest BCUT2D eigenvalue weighted by atomic mass is 9.97. The average Bonchev–Trinajstić information content (AvgIpc) is 3.73. The van der Waals surface area contributed by atoms with Gasteiger partial charge in [0.2, 0.25) is 35.4 Å². The number of nitrogens with zero attached hydrogens (tertiary/aromatic N) is 1. The smallest absolute Gasteiger partial charge is 0.245 e. The number of benzene rings is 1. The Bertz CT molecular complexity index is 1620. The normalized spacial score (nSPS) is 25.6. The summed E-state index contributed by atoms with van der Waals surface area (Å²) >= 11 is 0. The van der Waals surface area contributed by atoms with E-state index in [1.54, 1.807) is 6.20 Å². The van der Waals surface area contributed by atoms with E-state index in [0.29, 0.717) is 38.6 Å². The van der Waals surface area contributed by atoms with E-state index in [4.69, 9.17) is 0 Å². The van der Waals surface area contributed by atoms with E-state index in [1.807, 2.05) is 79.7 Å². The van der Waals surface area contributed by atoms with Crippen LogP contribution in [0.3, 0.4) is 0 Å². The summed E-state index contributed by atoms with van der Waals surface area (Å²) in [5.41, 5.74) is 1.68. The highest BCUT2D eigenvalue weighted by Crippen LogP contribution is 2.23. The summed E-state index contributed by atoms with van der Waals surface area (Å²) in [6, 6.07) is 1.81. The molecule has 1 aromatic carbocycles. The maximum atomic E-state index is 14.3. The predicted octanol–water partition coefficient (Wildman–Crippen LogP) is 3.32. The molecule has 2 aliphatic rings. The Kier molecular flexibility index (Phi) is 14.5. The van der Waals surface area contributed by atoms with Crippen molar-refractivity contribution in [3.63, 3.8) is 0 Å². The van der Waals surface area contributed by atoms with Gasteiger partial charge < -0.3 is 36.5 Å². The second kappa shape index (κ2) is 18.6. The van der Waals surface area contributed by atoms with Gasteiger partial charge in [-0.3, -0.25) is 28.8 Å². The van der Waals surface area contributed by atoms with Gasteiger partial charge in [0.25, 0.3) is 0 Å². The molecule has 292 valence electrons. The summed E-state index contributed by atoms with van der Waals surface area (Å²) < 4.78 is 0. The first kappa shape index (κ1) is 41.3. The Balaban J connectivity index is 1.78. The van der Waals surface area contributed by atoms with E-state index in [-0.39, 0.29) is 42.4 Å². The monoisotopic (exact) mass is 735 g/mol. The second-order valence-corrected chi connectivity index (χ2v) is 16.6. The van der Waals surface area contributed by atoms with Gasteiger partial charge in [-0.15, -0.1) is 0 Å². The Morgan fingerprint density at radius 3 is 1.53 bits per heavy atom. The van der Waals surface area contributed by atoms with Gasteiger partial charge in [0.1, 0.15) is 36.3 Å². The van der Waals surface area contributed by atoms with Crippen molar-refractivity contribution in [1.82, 2.24) is 36.5 Å². The molecule has 1 aromatic heterocycles. The van der Waals surface area contributed by atoms with Gasteiger partial charge in [0, 0.05) is 30.1 Å². The largest absolute Gasteiger partial charge is 0.361 e. The van der Waals surface area contributed by atoms with E-state index >= 15 is 0 Å². The molecule has 2 aliphatic heterocycles. The fraction of sp³-hybridized carbons (Fsp3) is 0.650. The summed E-state index contributed by atoms with van der Waals surface area (Å²) in [7, 11) is 0. The van der Waals surface area contributed by atoms with Crippen molar-refractivity contribution in [3.05, 3.63) is 36.0 Å². The van der Waals surface area contributed by atoms with E-state index in [2.05, 4.69) is 31.6 Å². The molecule has 6 atom stereocenters. The summed E-state index contributed by atoms with van der Waals surface area (Å²) in [6.07, 6.45) is 4.10. The first-order valence-electron chi connectivity index (χ1n) is 19.4. The molecule has 0 aliphatic carbocycles. The summed E-state index contributed by atoms with van der Waals surface area (Å²) in [5.74, 6) is -2.87. The minimum Gasteiger partial charge on any atom is -0.361 e. The Morgan fingerprint density at radius 1 is 0.585 bits per heavy atom. The van der Waals surface area contributed by atoms with E-state index in [0.717, 1.165) is 16.5 Å². The van der Waals surface area contributed by atoms with Gasteiger partial charge in [0.05, 0.1) is 0 Å². The molecule has 6 amide bonds. The maximum absolute atomic E-state index is 14.3. The number of para-hydroxylation sites is 1. The van der Waals surface area contributed by atoms with Crippen molar-refractivity contribution in [3.8, 4) is 0 Å². The fourth-order valence-corrected chi connectivity index (χ4v) is 7.39. The zero-order valence-electron chi connectivity index (χ0n) is 32.7. The van der Waals surface area contributed by atoms with Crippen LogP contribution >= 0.6 is 0 Å². The average molecular weight is 736 g/mol. The predicted molar refractivity (Wildman–Crippen MR) is 204 cm³/mol. The van der Waals surface area contributed by atoms with Crippen LogP contribution in [-0.4, -0.2) is 88.1 Å². The van der Waals surface area contributed by atoms with Crippen LogP contribution in [0.1, 0.15) is 99.5 Å². The molecular weight excluding hydrogens is 674 g/mol. The molecule has 0 bridgehead atoms. The van der Waals surface area contributed by atoms with Crippen LogP contribution in [0.4, 0.5) is 0 Å². The van der Waals surface area contributed by atoms with Gasteiger partial charge in [-0.05, 0) is 73.8 Å². The number of hydrogen-bond donors (Lipinski definition) is 6. The van der Waals surface area contributed by atoms with Gasteiger partial charge >= 0.3 is 0 Å². The van der Waals surface area contributed by atoms with Crippen molar-refractivity contribution >= 4 is 46.3 Å². The molecule has 4 rings (SSSR count). The fourth-order valence-electron chi connectivity index (χ4n) is 7.39. The van der Waals surface area contributed by atoms with E-state index in [9.17, 15) is 28.8 Å². The Hall–Kier alpha value is -4.42. The van der Waals surface area contributed by atoms with Crippen LogP contribution in [0.15, 0.2) is 30.5 Å². The number of amides is 6. The van der Waals surface area contributed by atoms with E-state index in [1.165, 1.54) is 4.90 Å². The third-order valence-electron chi connectivity index (χ3n) is 9.91. The number of fused-ring (bicyclic) bond motifs is 2. The van der Waals surface area contributed by atoms with Gasteiger partial charge in [-0.25, -0.2) is 0 Å². The number of carbonyl (C=O) groups is 6. The van der Waals surface area contributed by atoms with Crippen LogP contribution in [0.5, 0.6) is 0 Å². The molecule has 6 N–H and O–H groups in total. The molecule has 2 aromatic rings. The molecule has 0 saturated carbocycles. The first-order valence-corrected chi connectivity index (χ1v) is 19.4. The maximum Gasteiger partial charge on any atom is 0.245 e. The van der Waals surface area contributed by atoms with Crippen LogP contribution in [0.25, 0.3) is 10.9 Å². The molecule has 13 heteroatoms. The third-order valence-corrected chi connectivity index (χ3v) is 9.91. The number of H-pyrrole nitrogens is 1. The molecule has 0 spiro atoms. The highest BCUT2D eigenvalue weighted by atomic mass is 16.2. The van der Waals surface area contributed by atoms with E-state index < -0.39 is 65.8 Å². The van der Waals surface area contributed by atoms with Crippen molar-refractivity contribution in [2.75, 3.05) is 6.54 Å². The molecule has 0 unspecified atom stereocenters. The minimum absolute atomic E-state index is 0.00101. The number of aromatic amines is 1. The summed E-state index contributed by atoms with van der Waals surface area (Å²) in [5, 5.41) is 15.5. The van der Waals surface area contributed by atoms with Crippen molar-refractivity contribution in [2.45, 2.75) is 137 Å². The lowest BCUT2D eigenvalue weighted by Gasteiger charge is -2.32. The molecule has 2 saturated heterocycles. The minimum atomic E-state index is -1.08.